The van der Waals surface area contributed by atoms with E-state index in [1.54, 1.807) is 0 Å². The lowest BCUT2D eigenvalue weighted by Crippen LogP contribution is -2.17. The zero-order valence-corrected chi connectivity index (χ0v) is 9.95. The quantitative estimate of drug-likeness (QED) is 0.850. The Labute approximate surface area is 96.3 Å². The summed E-state index contributed by atoms with van der Waals surface area (Å²) in [6, 6.07) is 12.5. The second-order valence-corrected chi connectivity index (χ2v) is 4.03. The van der Waals surface area contributed by atoms with Gasteiger partial charge in [0.2, 0.25) is 0 Å². The molecule has 0 amide bonds. The predicted molar refractivity (Wildman–Crippen MR) is 65.5 cm³/mol. The summed E-state index contributed by atoms with van der Waals surface area (Å²) in [4.78, 5) is 0. The van der Waals surface area contributed by atoms with Crippen molar-refractivity contribution in [1.29, 1.82) is 0 Å². The van der Waals surface area contributed by atoms with Crippen LogP contribution >= 0.6 is 0 Å². The van der Waals surface area contributed by atoms with E-state index >= 15 is 0 Å². The van der Waals surface area contributed by atoms with Crippen LogP contribution in [0.2, 0.25) is 0 Å². The van der Waals surface area contributed by atoms with Crippen LogP contribution in [0.4, 0.5) is 0 Å². The Kier molecular flexibility index (Phi) is 3.11. The minimum atomic E-state index is 0.134. The number of rotatable bonds is 3. The molecule has 0 radical (unpaired) electrons. The SMILES string of the molecule is CNC(c1ccc(C)o1)c1ccccc1C. The average molecular weight is 215 g/mol. The summed E-state index contributed by atoms with van der Waals surface area (Å²) in [7, 11) is 1.95. The Morgan fingerprint density at radius 2 is 1.81 bits per heavy atom. The van der Waals surface area contributed by atoms with E-state index in [9.17, 15) is 0 Å². The topological polar surface area (TPSA) is 25.2 Å². The van der Waals surface area contributed by atoms with Gasteiger partial charge < -0.3 is 9.73 Å². The Morgan fingerprint density at radius 1 is 1.06 bits per heavy atom. The average Bonchev–Trinajstić information content (AvgIpc) is 2.69. The molecular weight excluding hydrogens is 198 g/mol. The van der Waals surface area contributed by atoms with Crippen LogP contribution in [0, 0.1) is 13.8 Å². The Hall–Kier alpha value is -1.54. The van der Waals surface area contributed by atoms with Gasteiger partial charge in [0.15, 0.2) is 0 Å². The molecule has 2 heteroatoms. The van der Waals surface area contributed by atoms with Gasteiger partial charge in [-0.05, 0) is 44.2 Å². The fourth-order valence-corrected chi connectivity index (χ4v) is 1.97. The summed E-state index contributed by atoms with van der Waals surface area (Å²) in [6.45, 7) is 4.09. The lowest BCUT2D eigenvalue weighted by molar-refractivity contribution is 0.443. The summed E-state index contributed by atoms with van der Waals surface area (Å²) >= 11 is 0. The van der Waals surface area contributed by atoms with Gasteiger partial charge in [-0.1, -0.05) is 24.3 Å². The largest absolute Gasteiger partial charge is 0.464 e. The van der Waals surface area contributed by atoms with E-state index in [1.807, 2.05) is 26.1 Å². The number of aryl methyl sites for hydroxylation is 2. The van der Waals surface area contributed by atoms with Crippen LogP contribution in [0.15, 0.2) is 40.8 Å². The standard InChI is InChI=1S/C14H17NO/c1-10-6-4-5-7-12(10)14(15-3)13-9-8-11(2)16-13/h4-9,14-15H,1-3H3. The smallest absolute Gasteiger partial charge is 0.125 e. The molecule has 84 valence electrons. The molecule has 0 saturated carbocycles. The molecule has 1 atom stereocenters. The summed E-state index contributed by atoms with van der Waals surface area (Å²) < 4.78 is 5.68. The monoisotopic (exact) mass is 215 g/mol. The van der Waals surface area contributed by atoms with Gasteiger partial charge in [0.1, 0.15) is 11.5 Å². The van der Waals surface area contributed by atoms with Crippen LogP contribution in [-0.4, -0.2) is 7.05 Å². The van der Waals surface area contributed by atoms with Crippen LogP contribution in [0.1, 0.15) is 28.7 Å². The number of furan rings is 1. The number of nitrogens with one attached hydrogen (secondary N) is 1. The number of hydrogen-bond donors (Lipinski definition) is 1. The number of benzene rings is 1. The van der Waals surface area contributed by atoms with Gasteiger partial charge >= 0.3 is 0 Å². The molecule has 2 rings (SSSR count). The third kappa shape index (κ3) is 2.02. The Balaban J connectivity index is 2.40. The van der Waals surface area contributed by atoms with Crippen molar-refractivity contribution in [3.05, 3.63) is 59.0 Å². The molecule has 0 aliphatic rings. The van der Waals surface area contributed by atoms with Crippen LogP contribution in [0.5, 0.6) is 0 Å². The lowest BCUT2D eigenvalue weighted by atomic mass is 10.00. The van der Waals surface area contributed by atoms with Crippen molar-refractivity contribution in [3.63, 3.8) is 0 Å². The first-order valence-corrected chi connectivity index (χ1v) is 5.51. The highest BCUT2D eigenvalue weighted by Gasteiger charge is 2.16. The van der Waals surface area contributed by atoms with E-state index in [1.165, 1.54) is 11.1 Å². The first-order chi connectivity index (χ1) is 7.72. The minimum absolute atomic E-state index is 0.134. The maximum atomic E-state index is 5.68. The fraction of sp³-hybridized carbons (Fsp3) is 0.286. The van der Waals surface area contributed by atoms with E-state index in [0.717, 1.165) is 11.5 Å². The first-order valence-electron chi connectivity index (χ1n) is 5.51. The molecule has 16 heavy (non-hydrogen) atoms. The zero-order chi connectivity index (χ0) is 11.5. The molecule has 0 saturated heterocycles. The zero-order valence-electron chi connectivity index (χ0n) is 9.95. The van der Waals surface area contributed by atoms with Gasteiger partial charge in [0, 0.05) is 0 Å². The van der Waals surface area contributed by atoms with Gasteiger partial charge in [0.05, 0.1) is 6.04 Å². The highest BCUT2D eigenvalue weighted by molar-refractivity contribution is 5.33. The van der Waals surface area contributed by atoms with Gasteiger partial charge in [-0.25, -0.2) is 0 Å². The van der Waals surface area contributed by atoms with Crippen molar-refractivity contribution in [2.24, 2.45) is 0 Å². The second kappa shape index (κ2) is 4.54. The molecule has 0 aliphatic heterocycles. The van der Waals surface area contributed by atoms with Crippen molar-refractivity contribution in [1.82, 2.24) is 5.32 Å². The Bertz CT molecular complexity index is 473. The number of hydrogen-bond acceptors (Lipinski definition) is 2. The summed E-state index contributed by atoms with van der Waals surface area (Å²) in [6.07, 6.45) is 0. The second-order valence-electron chi connectivity index (χ2n) is 4.03. The first kappa shape index (κ1) is 11.0. The summed E-state index contributed by atoms with van der Waals surface area (Å²) in [5.74, 6) is 1.91. The van der Waals surface area contributed by atoms with Crippen molar-refractivity contribution >= 4 is 0 Å². The molecule has 0 spiro atoms. The summed E-state index contributed by atoms with van der Waals surface area (Å²) in [5.41, 5.74) is 2.54. The molecule has 0 fully saturated rings. The van der Waals surface area contributed by atoms with Crippen LogP contribution in [-0.2, 0) is 0 Å². The molecule has 1 unspecified atom stereocenters. The molecule has 1 heterocycles. The van der Waals surface area contributed by atoms with Crippen molar-refractivity contribution in [3.8, 4) is 0 Å². The van der Waals surface area contributed by atoms with Gasteiger partial charge in [-0.15, -0.1) is 0 Å². The molecule has 0 aliphatic carbocycles. The molecule has 1 aromatic carbocycles. The van der Waals surface area contributed by atoms with E-state index in [0.29, 0.717) is 0 Å². The van der Waals surface area contributed by atoms with Crippen molar-refractivity contribution in [2.75, 3.05) is 7.05 Å². The molecule has 1 N–H and O–H groups in total. The lowest BCUT2D eigenvalue weighted by Gasteiger charge is -2.16. The minimum Gasteiger partial charge on any atom is -0.464 e. The van der Waals surface area contributed by atoms with Crippen molar-refractivity contribution in [2.45, 2.75) is 19.9 Å². The third-order valence-corrected chi connectivity index (χ3v) is 2.83. The molecule has 0 bridgehead atoms. The normalized spacial score (nSPS) is 12.7. The molecular formula is C14H17NO. The van der Waals surface area contributed by atoms with Crippen LogP contribution < -0.4 is 5.32 Å². The van der Waals surface area contributed by atoms with E-state index in [-0.39, 0.29) is 6.04 Å². The molecule has 1 aromatic heterocycles. The van der Waals surface area contributed by atoms with E-state index in [4.69, 9.17) is 4.42 Å². The fourth-order valence-electron chi connectivity index (χ4n) is 1.97. The maximum absolute atomic E-state index is 5.68. The van der Waals surface area contributed by atoms with Crippen LogP contribution in [0.25, 0.3) is 0 Å². The van der Waals surface area contributed by atoms with Gasteiger partial charge in [0.25, 0.3) is 0 Å². The molecule has 2 aromatic rings. The van der Waals surface area contributed by atoms with Crippen LogP contribution in [0.3, 0.4) is 0 Å². The maximum Gasteiger partial charge on any atom is 0.125 e. The van der Waals surface area contributed by atoms with Crippen molar-refractivity contribution < 1.29 is 4.42 Å². The predicted octanol–water partition coefficient (Wildman–Crippen LogP) is 3.21. The van der Waals surface area contributed by atoms with E-state index in [2.05, 4.69) is 36.5 Å². The van der Waals surface area contributed by atoms with E-state index < -0.39 is 0 Å². The third-order valence-electron chi connectivity index (χ3n) is 2.83. The highest BCUT2D eigenvalue weighted by atomic mass is 16.3. The highest BCUT2D eigenvalue weighted by Crippen LogP contribution is 2.25. The van der Waals surface area contributed by atoms with Gasteiger partial charge in [-0.3, -0.25) is 0 Å². The Morgan fingerprint density at radius 3 is 2.38 bits per heavy atom. The van der Waals surface area contributed by atoms with Gasteiger partial charge in [-0.2, -0.15) is 0 Å². The summed E-state index contributed by atoms with van der Waals surface area (Å²) in [5, 5.41) is 3.30. The molecule has 2 nitrogen and oxygen atoms in total.